The zero-order chi connectivity index (χ0) is 72.5. The van der Waals surface area contributed by atoms with Crippen molar-refractivity contribution in [3.8, 4) is 0 Å². The molecule has 9 aromatic rings. The molecule has 3 fully saturated rings. The smallest absolute Gasteiger partial charge is 0.269 e. The van der Waals surface area contributed by atoms with Crippen molar-refractivity contribution in [3.05, 3.63) is 318 Å². The number of nitro groups is 2. The van der Waals surface area contributed by atoms with Crippen molar-refractivity contribution >= 4 is 56.2 Å². The van der Waals surface area contributed by atoms with Crippen molar-refractivity contribution < 1.29 is 25.2 Å². The van der Waals surface area contributed by atoms with E-state index in [1.165, 1.54) is 76.3 Å². The molecular formula is C89H103N7O7. The summed E-state index contributed by atoms with van der Waals surface area (Å²) in [5, 5.41) is 51.3. The standard InChI is InChI=1S/C30H35N3O3.C30H35NO.C29H33N3O3/c1-23(2)31-18-20-32(21-19-31)27-14-10-25(11-15-27)30(26-12-16-28(17-13-26)33(35)36)29(9-6-22-34)24-7-4-3-5-8-24;1-23-10-12-27(13-11-23)30(29(9-6-22-32)26-7-4-3-5-8-26)28-16-14-24(15-17-28)25-18-20-31(2)21-19-25;1-2-30-18-20-31(21-19-30)26-14-10-24(11-15-26)29(25-12-16-27(17-13-25)32(34)35)28(9-6-22-33)23-7-4-3-5-8-23/h3-5,7-8,10-17,23,34H,6,9,18-22H2,1-2H3;3-5,7-8,10-17,25,32H,6,9,18-22H2,1-2H3;3-5,7-8,10-17,33H,2,6,9,18-22H2,1H3/b30-29+;30-29-;29-28+. The van der Waals surface area contributed by atoms with Gasteiger partial charge in [0.2, 0.25) is 0 Å². The Morgan fingerprint density at radius 3 is 1.03 bits per heavy atom. The molecule has 3 aliphatic rings. The van der Waals surface area contributed by atoms with Crippen molar-refractivity contribution in [2.24, 2.45) is 0 Å². The Hall–Kier alpha value is -9.64. The number of nitrogens with zero attached hydrogens (tertiary/aromatic N) is 7. The van der Waals surface area contributed by atoms with Crippen LogP contribution in [0.4, 0.5) is 22.7 Å². The number of aliphatic hydroxyl groups excluding tert-OH is 3. The van der Waals surface area contributed by atoms with Crippen LogP contribution in [0.1, 0.15) is 139 Å². The first-order valence-electron chi connectivity index (χ1n) is 36.9. The van der Waals surface area contributed by atoms with Crippen LogP contribution in [0.15, 0.2) is 237 Å². The van der Waals surface area contributed by atoms with Gasteiger partial charge in [-0.2, -0.15) is 0 Å². The molecule has 0 radical (unpaired) electrons. The molecule has 9 aromatic carbocycles. The second kappa shape index (κ2) is 38.6. The summed E-state index contributed by atoms with van der Waals surface area (Å²) in [6, 6.07) is 80.6. The number of aliphatic hydroxyl groups is 3. The van der Waals surface area contributed by atoms with E-state index in [4.69, 9.17) is 0 Å². The summed E-state index contributed by atoms with van der Waals surface area (Å²) in [6.45, 7) is 21.0. The predicted octanol–water partition coefficient (Wildman–Crippen LogP) is 17.9. The molecule has 0 unspecified atom stereocenters. The fraction of sp³-hybridized carbons (Fsp3) is 0.326. The summed E-state index contributed by atoms with van der Waals surface area (Å²) in [6.07, 6.45) is 6.76. The summed E-state index contributed by atoms with van der Waals surface area (Å²) in [4.78, 5) is 34.0. The lowest BCUT2D eigenvalue weighted by Crippen LogP contribution is -2.48. The number of hydrogen-bond acceptors (Lipinski definition) is 12. The molecule has 0 spiro atoms. The molecule has 3 saturated heterocycles. The van der Waals surface area contributed by atoms with E-state index in [1.54, 1.807) is 24.3 Å². The molecule has 12 rings (SSSR count). The Labute approximate surface area is 610 Å². The molecule has 0 aromatic heterocycles. The van der Waals surface area contributed by atoms with Gasteiger partial charge in [0.15, 0.2) is 0 Å². The fourth-order valence-electron chi connectivity index (χ4n) is 14.5. The van der Waals surface area contributed by atoms with Gasteiger partial charge in [0.1, 0.15) is 0 Å². The molecule has 103 heavy (non-hydrogen) atoms. The minimum atomic E-state index is -0.371. The number of rotatable bonds is 25. The minimum Gasteiger partial charge on any atom is -0.396 e. The number of allylic oxidation sites excluding steroid dienone is 3. The molecule has 0 amide bonds. The Bertz CT molecular complexity index is 4180. The average molecular weight is 1380 g/mol. The largest absolute Gasteiger partial charge is 0.396 e. The normalized spacial score (nSPS) is 15.4. The van der Waals surface area contributed by atoms with Crippen molar-refractivity contribution in [2.45, 2.75) is 91.0 Å². The van der Waals surface area contributed by atoms with Crippen LogP contribution >= 0.6 is 0 Å². The number of nitro benzene ring substituents is 2. The van der Waals surface area contributed by atoms with E-state index in [0.717, 1.165) is 127 Å². The Morgan fingerprint density at radius 1 is 0.408 bits per heavy atom. The molecule has 536 valence electrons. The average Bonchev–Trinajstić information content (AvgIpc) is 0.805. The summed E-state index contributed by atoms with van der Waals surface area (Å²) in [5.41, 5.74) is 22.1. The number of anilines is 2. The van der Waals surface area contributed by atoms with Gasteiger partial charge in [-0.05, 0) is 242 Å². The highest BCUT2D eigenvalue weighted by Crippen LogP contribution is 2.41. The zero-order valence-electron chi connectivity index (χ0n) is 60.8. The second-order valence-electron chi connectivity index (χ2n) is 27.4. The van der Waals surface area contributed by atoms with E-state index in [-0.39, 0.29) is 41.0 Å². The summed E-state index contributed by atoms with van der Waals surface area (Å²) < 4.78 is 0. The van der Waals surface area contributed by atoms with Crippen LogP contribution in [0.2, 0.25) is 0 Å². The lowest BCUT2D eigenvalue weighted by atomic mass is 9.85. The monoisotopic (exact) mass is 1380 g/mol. The first-order chi connectivity index (χ1) is 50.2. The van der Waals surface area contributed by atoms with Gasteiger partial charge in [-0.25, -0.2) is 0 Å². The third-order valence-corrected chi connectivity index (χ3v) is 20.4. The topological polar surface area (TPSA) is 163 Å². The molecule has 0 bridgehead atoms. The Kier molecular flexibility index (Phi) is 28.5. The van der Waals surface area contributed by atoms with E-state index < -0.39 is 0 Å². The summed E-state index contributed by atoms with van der Waals surface area (Å²) in [7, 11) is 2.22. The minimum absolute atomic E-state index is 0.0746. The molecule has 0 saturated carbocycles. The highest BCUT2D eigenvalue weighted by atomic mass is 16.6. The molecular weight excluding hydrogens is 1280 g/mol. The Morgan fingerprint density at radius 2 is 0.718 bits per heavy atom. The maximum Gasteiger partial charge on any atom is 0.269 e. The van der Waals surface area contributed by atoms with Crippen LogP contribution in [0, 0.1) is 27.2 Å². The SMILES string of the molecule is CC(C)N1CCN(c2ccc(/C(=C(/CCCO)c3ccccc3)c3ccc([N+](=O)[O-])cc3)cc2)CC1.CCN1CCN(c2ccc(/C(=C(/CCCO)c3ccccc3)c3ccc([N+](=O)[O-])cc3)cc2)CC1.Cc1ccc(/C(=C(\CCCO)c2ccccc2)c2ccc(C3CCN(C)CC3)cc2)cc1. The molecule has 3 heterocycles. The highest BCUT2D eigenvalue weighted by Gasteiger charge is 2.24. The summed E-state index contributed by atoms with van der Waals surface area (Å²) in [5.74, 6) is 0.662. The molecule has 3 aliphatic heterocycles. The number of benzene rings is 9. The number of piperazine rings is 2. The van der Waals surface area contributed by atoms with E-state index >= 15 is 0 Å². The first kappa shape index (κ1) is 76.0. The van der Waals surface area contributed by atoms with Crippen LogP contribution in [-0.2, 0) is 0 Å². The lowest BCUT2D eigenvalue weighted by Gasteiger charge is -2.38. The number of hydrogen-bond donors (Lipinski definition) is 3. The van der Waals surface area contributed by atoms with Crippen LogP contribution in [-0.4, -0.2) is 145 Å². The molecule has 3 N–H and O–H groups in total. The van der Waals surface area contributed by atoms with E-state index in [1.807, 2.05) is 60.7 Å². The van der Waals surface area contributed by atoms with E-state index in [2.05, 4.69) is 211 Å². The number of likely N-dealkylation sites (N-methyl/N-ethyl adjacent to an activating group) is 1. The maximum absolute atomic E-state index is 11.3. The third-order valence-electron chi connectivity index (χ3n) is 20.4. The number of non-ortho nitro benzene ring substituents is 2. The molecule has 0 atom stereocenters. The van der Waals surface area contributed by atoms with Gasteiger partial charge in [-0.15, -0.1) is 0 Å². The number of likely N-dealkylation sites (tertiary alicyclic amines) is 1. The highest BCUT2D eigenvalue weighted by molar-refractivity contribution is 6.01. The predicted molar refractivity (Wildman–Crippen MR) is 425 cm³/mol. The second-order valence-corrected chi connectivity index (χ2v) is 27.4. The van der Waals surface area contributed by atoms with Crippen molar-refractivity contribution in [3.63, 3.8) is 0 Å². The maximum atomic E-state index is 11.3. The van der Waals surface area contributed by atoms with E-state index in [9.17, 15) is 35.5 Å². The number of piperidine rings is 1. The molecule has 14 nitrogen and oxygen atoms in total. The quantitative estimate of drug-likeness (QED) is 0.0282. The Balaban J connectivity index is 0.000000166. The van der Waals surface area contributed by atoms with Crippen LogP contribution < -0.4 is 9.80 Å². The van der Waals surface area contributed by atoms with Gasteiger partial charge in [-0.3, -0.25) is 25.1 Å². The zero-order valence-corrected chi connectivity index (χ0v) is 60.8. The third kappa shape index (κ3) is 20.8. The van der Waals surface area contributed by atoms with Crippen molar-refractivity contribution in [2.75, 3.05) is 109 Å². The van der Waals surface area contributed by atoms with Gasteiger partial charge in [0.25, 0.3) is 11.4 Å². The van der Waals surface area contributed by atoms with Gasteiger partial charge in [-0.1, -0.05) is 176 Å². The van der Waals surface area contributed by atoms with Crippen molar-refractivity contribution in [1.82, 2.24) is 14.7 Å². The van der Waals surface area contributed by atoms with Gasteiger partial charge in [0.05, 0.1) is 9.85 Å². The van der Waals surface area contributed by atoms with Crippen LogP contribution in [0.25, 0.3) is 33.4 Å². The van der Waals surface area contributed by atoms with Crippen molar-refractivity contribution in [1.29, 1.82) is 0 Å². The lowest BCUT2D eigenvalue weighted by molar-refractivity contribution is -0.385. The van der Waals surface area contributed by atoms with E-state index in [0.29, 0.717) is 37.6 Å². The van der Waals surface area contributed by atoms with Gasteiger partial charge < -0.3 is 34.9 Å². The number of aryl methyl sites for hydroxylation is 1. The molecule has 14 heteroatoms. The van der Waals surface area contributed by atoms with Gasteiger partial charge >= 0.3 is 0 Å². The van der Waals surface area contributed by atoms with Crippen LogP contribution in [0.3, 0.4) is 0 Å². The first-order valence-corrected chi connectivity index (χ1v) is 36.9. The molecule has 0 aliphatic carbocycles. The van der Waals surface area contributed by atoms with Crippen LogP contribution in [0.5, 0.6) is 0 Å². The summed E-state index contributed by atoms with van der Waals surface area (Å²) >= 11 is 0. The fourth-order valence-corrected chi connectivity index (χ4v) is 14.5. The van der Waals surface area contributed by atoms with Gasteiger partial charge in [0, 0.05) is 114 Å².